The predicted octanol–water partition coefficient (Wildman–Crippen LogP) is 4.42. The van der Waals surface area contributed by atoms with Crippen molar-refractivity contribution in [3.8, 4) is 0 Å². The predicted molar refractivity (Wildman–Crippen MR) is 117 cm³/mol. The number of nitrogens with one attached hydrogen (secondary N) is 1. The summed E-state index contributed by atoms with van der Waals surface area (Å²) in [5.41, 5.74) is 7.46. The van der Waals surface area contributed by atoms with Gasteiger partial charge in [0, 0.05) is 42.7 Å². The van der Waals surface area contributed by atoms with Crippen molar-refractivity contribution in [2.75, 3.05) is 18.4 Å². The maximum Gasteiger partial charge on any atom is 0.416 e. The number of hydrogen-bond acceptors (Lipinski definition) is 4. The molecule has 12 heteroatoms. The lowest BCUT2D eigenvalue weighted by Crippen LogP contribution is -2.55. The van der Waals surface area contributed by atoms with Gasteiger partial charge in [0.15, 0.2) is 0 Å². The fourth-order valence-electron chi connectivity index (χ4n) is 4.78. The zero-order valence-corrected chi connectivity index (χ0v) is 19.2. The Morgan fingerprint density at radius 2 is 1.29 bits per heavy atom. The Balaban J connectivity index is 1.59. The zero-order valence-electron chi connectivity index (χ0n) is 19.2. The van der Waals surface area contributed by atoms with Crippen molar-refractivity contribution in [1.82, 2.24) is 4.90 Å². The maximum absolute atomic E-state index is 13.0. The van der Waals surface area contributed by atoms with Crippen LogP contribution in [0.2, 0.25) is 0 Å². The van der Waals surface area contributed by atoms with E-state index in [0.29, 0.717) is 25.2 Å². The van der Waals surface area contributed by atoms with Crippen molar-refractivity contribution < 1.29 is 35.9 Å². The summed E-state index contributed by atoms with van der Waals surface area (Å²) < 4.78 is 78.2. The van der Waals surface area contributed by atoms with Crippen LogP contribution in [-0.2, 0) is 21.9 Å². The van der Waals surface area contributed by atoms with Gasteiger partial charge in [-0.2, -0.15) is 26.3 Å². The average Bonchev–Trinajstić information content (AvgIpc) is 2.72. The summed E-state index contributed by atoms with van der Waals surface area (Å²) in [7, 11) is 0. The molecule has 1 aliphatic heterocycles. The number of likely N-dealkylation sites (tertiary alicyclic amines) is 1. The van der Waals surface area contributed by atoms with Gasteiger partial charge in [0.1, 0.15) is 0 Å². The van der Waals surface area contributed by atoms with E-state index in [1.54, 1.807) is 4.90 Å². The topological polar surface area (TPSA) is 101 Å². The largest absolute Gasteiger partial charge is 0.416 e. The highest BCUT2D eigenvalue weighted by molar-refractivity contribution is 5.91. The molecule has 1 aromatic carbocycles. The van der Waals surface area contributed by atoms with Crippen LogP contribution >= 0.6 is 0 Å². The lowest BCUT2D eigenvalue weighted by Gasteiger charge is -2.41. The summed E-state index contributed by atoms with van der Waals surface area (Å²) in [6, 6.07) is 0.892. The van der Waals surface area contributed by atoms with Gasteiger partial charge < -0.3 is 21.7 Å². The summed E-state index contributed by atoms with van der Waals surface area (Å²) in [6.07, 6.45) is -4.92. The number of alkyl halides is 6. The second-order valence-electron chi connectivity index (χ2n) is 9.86. The third kappa shape index (κ3) is 7.33. The number of nitrogens with two attached hydrogens (primary N) is 2. The van der Waals surface area contributed by atoms with Crippen LogP contribution in [0.15, 0.2) is 18.2 Å². The molecule has 0 atom stereocenters. The maximum atomic E-state index is 13.0. The molecular weight excluding hydrogens is 478 g/mol. The van der Waals surface area contributed by atoms with Crippen LogP contribution in [0.1, 0.15) is 68.9 Å². The van der Waals surface area contributed by atoms with Crippen LogP contribution in [0.3, 0.4) is 0 Å². The fraction of sp³-hybridized carbons (Fsp3) is 0.652. The van der Waals surface area contributed by atoms with E-state index in [-0.39, 0.29) is 37.7 Å². The van der Waals surface area contributed by atoms with E-state index in [0.717, 1.165) is 32.1 Å². The zero-order chi connectivity index (χ0) is 26.1. The van der Waals surface area contributed by atoms with Crippen molar-refractivity contribution in [1.29, 1.82) is 0 Å². The fourth-order valence-corrected chi connectivity index (χ4v) is 4.78. The standard InChI is InChI=1S/C23H30F6N4O2/c24-22(25,26)15-10-16(23(27,28)29)12-17(11-15)32-18(34)13-21(31)6-8-33(9-7-21)19(35)14-20(30)4-2-1-3-5-20/h10-12H,1-9,13-14,30-31H2,(H,32,34). The van der Waals surface area contributed by atoms with Crippen LogP contribution in [0.5, 0.6) is 0 Å². The van der Waals surface area contributed by atoms with Gasteiger partial charge in [-0.25, -0.2) is 0 Å². The number of halogens is 6. The molecule has 5 N–H and O–H groups in total. The number of carbonyl (C=O) groups excluding carboxylic acids is 2. The molecule has 1 saturated carbocycles. The number of benzene rings is 1. The van der Waals surface area contributed by atoms with E-state index < -0.39 is 46.2 Å². The smallest absolute Gasteiger partial charge is 0.343 e. The van der Waals surface area contributed by atoms with Gasteiger partial charge in [-0.15, -0.1) is 0 Å². The monoisotopic (exact) mass is 508 g/mol. The Morgan fingerprint density at radius 1 is 0.800 bits per heavy atom. The molecule has 0 spiro atoms. The minimum Gasteiger partial charge on any atom is -0.343 e. The first-order chi connectivity index (χ1) is 16.1. The molecule has 2 amide bonds. The number of rotatable bonds is 5. The molecule has 6 nitrogen and oxygen atoms in total. The first-order valence-electron chi connectivity index (χ1n) is 11.5. The van der Waals surface area contributed by atoms with Crippen LogP contribution < -0.4 is 16.8 Å². The SMILES string of the molecule is NC1(CC(=O)Nc2cc(C(F)(F)F)cc(C(F)(F)F)c2)CCN(C(=O)CC2(N)CCCCC2)CC1. The molecule has 35 heavy (non-hydrogen) atoms. The number of nitrogens with zero attached hydrogens (tertiary/aromatic N) is 1. The van der Waals surface area contributed by atoms with Crippen molar-refractivity contribution in [2.24, 2.45) is 11.5 Å². The van der Waals surface area contributed by atoms with Crippen LogP contribution in [-0.4, -0.2) is 40.9 Å². The Bertz CT molecular complexity index is 901. The van der Waals surface area contributed by atoms with Gasteiger partial charge >= 0.3 is 12.4 Å². The quantitative estimate of drug-likeness (QED) is 0.513. The second kappa shape index (κ2) is 9.96. The molecule has 2 fully saturated rings. The number of anilines is 1. The first-order valence-corrected chi connectivity index (χ1v) is 11.5. The van der Waals surface area contributed by atoms with Gasteiger partial charge in [0.2, 0.25) is 11.8 Å². The molecule has 1 aromatic rings. The van der Waals surface area contributed by atoms with Crippen LogP contribution in [0.25, 0.3) is 0 Å². The number of piperidine rings is 1. The Morgan fingerprint density at radius 3 is 1.77 bits per heavy atom. The molecule has 0 bridgehead atoms. The molecule has 1 heterocycles. The van der Waals surface area contributed by atoms with E-state index >= 15 is 0 Å². The molecule has 196 valence electrons. The van der Waals surface area contributed by atoms with Gasteiger partial charge in [-0.3, -0.25) is 9.59 Å². The third-order valence-corrected chi connectivity index (χ3v) is 6.85. The molecule has 2 aliphatic rings. The third-order valence-electron chi connectivity index (χ3n) is 6.85. The average molecular weight is 509 g/mol. The van der Waals surface area contributed by atoms with E-state index in [1.807, 2.05) is 0 Å². The molecule has 1 saturated heterocycles. The van der Waals surface area contributed by atoms with Gasteiger partial charge in [0.25, 0.3) is 0 Å². The highest BCUT2D eigenvalue weighted by atomic mass is 19.4. The summed E-state index contributed by atoms with van der Waals surface area (Å²) in [5.74, 6) is -0.882. The molecule has 3 rings (SSSR count). The number of hydrogen-bond donors (Lipinski definition) is 3. The van der Waals surface area contributed by atoms with Crippen LogP contribution in [0, 0.1) is 0 Å². The van der Waals surface area contributed by atoms with Gasteiger partial charge in [0.05, 0.1) is 11.1 Å². The Kier molecular flexibility index (Phi) is 7.76. The molecule has 0 aromatic heterocycles. The summed E-state index contributed by atoms with van der Waals surface area (Å²) in [6.45, 7) is 0.584. The summed E-state index contributed by atoms with van der Waals surface area (Å²) >= 11 is 0. The van der Waals surface area contributed by atoms with Gasteiger partial charge in [-0.1, -0.05) is 19.3 Å². The molecule has 0 radical (unpaired) electrons. The molecular formula is C23H30F6N4O2. The summed E-state index contributed by atoms with van der Waals surface area (Å²) in [5, 5.41) is 2.12. The number of amides is 2. The van der Waals surface area contributed by atoms with Gasteiger partial charge in [-0.05, 0) is 43.9 Å². The van der Waals surface area contributed by atoms with Crippen LogP contribution in [0.4, 0.5) is 32.0 Å². The minimum atomic E-state index is -5.02. The second-order valence-corrected chi connectivity index (χ2v) is 9.86. The highest BCUT2D eigenvalue weighted by Gasteiger charge is 2.39. The van der Waals surface area contributed by atoms with E-state index in [9.17, 15) is 35.9 Å². The minimum absolute atomic E-state index is 0.00833. The molecule has 1 aliphatic carbocycles. The number of carbonyl (C=O) groups is 2. The lowest BCUT2D eigenvalue weighted by molar-refractivity contribution is -0.143. The Hall–Kier alpha value is -2.34. The van der Waals surface area contributed by atoms with Crippen molar-refractivity contribution in [2.45, 2.75) is 81.2 Å². The normalized spacial score (nSPS) is 20.4. The van der Waals surface area contributed by atoms with E-state index in [2.05, 4.69) is 5.32 Å². The van der Waals surface area contributed by atoms with Crippen molar-refractivity contribution in [3.63, 3.8) is 0 Å². The molecule has 0 unspecified atom stereocenters. The first kappa shape index (κ1) is 27.3. The van der Waals surface area contributed by atoms with Crippen molar-refractivity contribution >= 4 is 17.5 Å². The van der Waals surface area contributed by atoms with E-state index in [4.69, 9.17) is 11.5 Å². The highest BCUT2D eigenvalue weighted by Crippen LogP contribution is 2.38. The van der Waals surface area contributed by atoms with E-state index in [1.165, 1.54) is 0 Å². The lowest BCUT2D eigenvalue weighted by atomic mass is 9.79. The van der Waals surface area contributed by atoms with Crippen molar-refractivity contribution in [3.05, 3.63) is 29.3 Å². The summed E-state index contributed by atoms with van der Waals surface area (Å²) in [4.78, 5) is 26.8. The Labute approximate surface area is 199 Å².